The summed E-state index contributed by atoms with van der Waals surface area (Å²) in [4.78, 5) is 19.3. The number of nitrogens with zero attached hydrogens (tertiary/aromatic N) is 2. The lowest BCUT2D eigenvalue weighted by molar-refractivity contribution is 0.0926. The van der Waals surface area contributed by atoms with Crippen LogP contribution in [0, 0.1) is 0 Å². The highest BCUT2D eigenvalue weighted by Crippen LogP contribution is 2.22. The summed E-state index contributed by atoms with van der Waals surface area (Å²) in [6.07, 6.45) is 6.13. The zero-order chi connectivity index (χ0) is 14.7. The summed E-state index contributed by atoms with van der Waals surface area (Å²) in [5.74, 6) is 0.860. The Bertz CT molecular complexity index is 509. The largest absolute Gasteiger partial charge is 0.356 e. The van der Waals surface area contributed by atoms with E-state index < -0.39 is 0 Å². The number of rotatable bonds is 3. The van der Waals surface area contributed by atoms with Crippen molar-refractivity contribution in [2.45, 2.75) is 44.7 Å². The van der Waals surface area contributed by atoms with E-state index in [0.29, 0.717) is 11.6 Å². The van der Waals surface area contributed by atoms with Gasteiger partial charge in [-0.1, -0.05) is 0 Å². The normalized spacial score (nSPS) is 23.6. The lowest BCUT2D eigenvalue weighted by Crippen LogP contribution is -2.46. The molecule has 5 nitrogen and oxygen atoms in total. The van der Waals surface area contributed by atoms with Crippen molar-refractivity contribution in [3.8, 4) is 0 Å². The minimum atomic E-state index is 0. The minimum absolute atomic E-state index is 0. The molecule has 23 heavy (non-hydrogen) atoms. The molecule has 0 saturated carbocycles. The first-order valence-corrected chi connectivity index (χ1v) is 7.98. The molecule has 2 atom stereocenters. The lowest BCUT2D eigenvalue weighted by Gasteiger charge is -2.29. The minimum Gasteiger partial charge on any atom is -0.356 e. The molecule has 0 spiro atoms. The van der Waals surface area contributed by atoms with Gasteiger partial charge in [0.2, 0.25) is 0 Å². The van der Waals surface area contributed by atoms with Crippen LogP contribution in [0.4, 0.5) is 5.82 Å². The van der Waals surface area contributed by atoms with E-state index in [0.717, 1.165) is 38.3 Å². The molecule has 2 N–H and O–H groups in total. The number of pyridine rings is 1. The second-order valence-corrected chi connectivity index (χ2v) is 6.12. The van der Waals surface area contributed by atoms with Gasteiger partial charge in [0, 0.05) is 31.4 Å². The van der Waals surface area contributed by atoms with Crippen molar-refractivity contribution in [3.05, 3.63) is 23.9 Å². The van der Waals surface area contributed by atoms with E-state index >= 15 is 0 Å². The highest BCUT2D eigenvalue weighted by Gasteiger charge is 2.24. The van der Waals surface area contributed by atoms with Gasteiger partial charge in [-0.05, 0) is 51.3 Å². The van der Waals surface area contributed by atoms with E-state index in [-0.39, 0.29) is 36.8 Å². The number of hydrogen-bond donors (Lipinski definition) is 2. The Balaban J connectivity index is 0.00000132. The summed E-state index contributed by atoms with van der Waals surface area (Å²) in [5.41, 5.74) is 0.714. The van der Waals surface area contributed by atoms with Crippen LogP contribution >= 0.6 is 24.8 Å². The maximum atomic E-state index is 12.6. The predicted molar refractivity (Wildman–Crippen MR) is 98.1 cm³/mol. The molecular formula is C16H26Cl2N4O. The number of aromatic nitrogens is 1. The van der Waals surface area contributed by atoms with Gasteiger partial charge in [0.15, 0.2) is 0 Å². The molecule has 0 bridgehead atoms. The molecule has 2 aliphatic heterocycles. The molecule has 130 valence electrons. The number of nitrogens with one attached hydrogen (secondary N) is 2. The van der Waals surface area contributed by atoms with Crippen LogP contribution in [-0.2, 0) is 0 Å². The van der Waals surface area contributed by atoms with E-state index in [1.165, 1.54) is 12.8 Å². The summed E-state index contributed by atoms with van der Waals surface area (Å²) < 4.78 is 0. The van der Waals surface area contributed by atoms with Crippen molar-refractivity contribution in [2.24, 2.45) is 0 Å². The molecule has 2 saturated heterocycles. The molecule has 3 rings (SSSR count). The average molecular weight is 361 g/mol. The van der Waals surface area contributed by atoms with Crippen molar-refractivity contribution < 1.29 is 4.79 Å². The second-order valence-electron chi connectivity index (χ2n) is 6.12. The first-order valence-electron chi connectivity index (χ1n) is 7.98. The zero-order valence-corrected chi connectivity index (χ0v) is 15.1. The van der Waals surface area contributed by atoms with Gasteiger partial charge in [0.25, 0.3) is 5.91 Å². The topological polar surface area (TPSA) is 57.3 Å². The second kappa shape index (κ2) is 9.30. The van der Waals surface area contributed by atoms with Crippen molar-refractivity contribution >= 4 is 36.5 Å². The van der Waals surface area contributed by atoms with Crippen LogP contribution in [0.2, 0.25) is 0 Å². The number of carbonyl (C=O) groups is 1. The summed E-state index contributed by atoms with van der Waals surface area (Å²) in [5, 5.41) is 6.59. The van der Waals surface area contributed by atoms with Crippen LogP contribution in [-0.4, -0.2) is 42.6 Å². The van der Waals surface area contributed by atoms with Crippen molar-refractivity contribution in [2.75, 3.05) is 24.5 Å². The maximum Gasteiger partial charge on any atom is 0.255 e. The highest BCUT2D eigenvalue weighted by atomic mass is 35.5. The fourth-order valence-electron chi connectivity index (χ4n) is 3.28. The predicted octanol–water partition coefficient (Wildman–Crippen LogP) is 2.40. The fraction of sp³-hybridized carbons (Fsp3) is 0.625. The SMILES string of the molecule is CC1CC(NC(=O)c2cccnc2N2CCCC2)CCN1.Cl.Cl. The summed E-state index contributed by atoms with van der Waals surface area (Å²) in [7, 11) is 0. The Kier molecular flexibility index (Phi) is 8.09. The van der Waals surface area contributed by atoms with Crippen LogP contribution in [0.3, 0.4) is 0 Å². The molecule has 7 heteroatoms. The molecule has 2 fully saturated rings. The van der Waals surface area contributed by atoms with E-state index in [1.807, 2.05) is 12.1 Å². The Morgan fingerprint density at radius 1 is 1.35 bits per heavy atom. The molecule has 0 aliphatic carbocycles. The number of anilines is 1. The smallest absolute Gasteiger partial charge is 0.255 e. The summed E-state index contributed by atoms with van der Waals surface area (Å²) >= 11 is 0. The van der Waals surface area contributed by atoms with Crippen LogP contribution in [0.5, 0.6) is 0 Å². The number of halogens is 2. The monoisotopic (exact) mass is 360 g/mol. The molecule has 3 heterocycles. The summed E-state index contributed by atoms with van der Waals surface area (Å²) in [6.45, 7) is 5.14. The molecule has 0 radical (unpaired) electrons. The van der Waals surface area contributed by atoms with Crippen LogP contribution < -0.4 is 15.5 Å². The molecule has 1 aromatic rings. The van der Waals surface area contributed by atoms with Crippen molar-refractivity contribution in [1.29, 1.82) is 0 Å². The van der Waals surface area contributed by atoms with Gasteiger partial charge in [-0.3, -0.25) is 4.79 Å². The van der Waals surface area contributed by atoms with Crippen molar-refractivity contribution in [1.82, 2.24) is 15.6 Å². The third-order valence-corrected chi connectivity index (χ3v) is 4.40. The average Bonchev–Trinajstić information content (AvgIpc) is 3.01. The number of carbonyl (C=O) groups excluding carboxylic acids is 1. The summed E-state index contributed by atoms with van der Waals surface area (Å²) in [6, 6.07) is 4.47. The third kappa shape index (κ3) is 4.96. The van der Waals surface area contributed by atoms with Gasteiger partial charge in [0.05, 0.1) is 5.56 Å². The first kappa shape index (κ1) is 20.0. The number of piperidine rings is 1. The van der Waals surface area contributed by atoms with E-state index in [4.69, 9.17) is 0 Å². The number of amides is 1. The molecular weight excluding hydrogens is 335 g/mol. The van der Waals surface area contributed by atoms with E-state index in [1.54, 1.807) is 6.20 Å². The fourth-order valence-corrected chi connectivity index (χ4v) is 3.28. The lowest BCUT2D eigenvalue weighted by atomic mass is 10.0. The van der Waals surface area contributed by atoms with Gasteiger partial charge in [-0.2, -0.15) is 0 Å². The van der Waals surface area contributed by atoms with Crippen LogP contribution in [0.25, 0.3) is 0 Å². The molecule has 2 aliphatic rings. The third-order valence-electron chi connectivity index (χ3n) is 4.40. The molecule has 2 unspecified atom stereocenters. The van der Waals surface area contributed by atoms with Crippen LogP contribution in [0.15, 0.2) is 18.3 Å². The molecule has 1 amide bonds. The molecule has 1 aromatic heterocycles. The Morgan fingerprint density at radius 2 is 2.09 bits per heavy atom. The first-order chi connectivity index (χ1) is 10.2. The van der Waals surface area contributed by atoms with Gasteiger partial charge >= 0.3 is 0 Å². The standard InChI is InChI=1S/C16H24N4O.2ClH/c1-12-11-13(6-8-17-12)19-16(21)14-5-4-7-18-15(14)20-9-2-3-10-20;;/h4-5,7,12-13,17H,2-3,6,8-11H2,1H3,(H,19,21);2*1H. The van der Waals surface area contributed by atoms with Gasteiger partial charge in [-0.15, -0.1) is 24.8 Å². The number of hydrogen-bond acceptors (Lipinski definition) is 4. The Labute approximate surface area is 150 Å². The van der Waals surface area contributed by atoms with E-state index in [9.17, 15) is 4.79 Å². The highest BCUT2D eigenvalue weighted by molar-refractivity contribution is 5.99. The van der Waals surface area contributed by atoms with Gasteiger partial charge < -0.3 is 15.5 Å². The van der Waals surface area contributed by atoms with E-state index in [2.05, 4.69) is 27.4 Å². The maximum absolute atomic E-state index is 12.6. The Hall–Kier alpha value is -1.04. The van der Waals surface area contributed by atoms with Crippen molar-refractivity contribution in [3.63, 3.8) is 0 Å². The van der Waals surface area contributed by atoms with Crippen LogP contribution in [0.1, 0.15) is 43.0 Å². The van der Waals surface area contributed by atoms with Gasteiger partial charge in [-0.25, -0.2) is 4.98 Å². The quantitative estimate of drug-likeness (QED) is 0.868. The van der Waals surface area contributed by atoms with Gasteiger partial charge in [0.1, 0.15) is 5.82 Å². The molecule has 0 aromatic carbocycles. The Morgan fingerprint density at radius 3 is 2.78 bits per heavy atom. The zero-order valence-electron chi connectivity index (χ0n) is 13.5.